The summed E-state index contributed by atoms with van der Waals surface area (Å²) in [5.41, 5.74) is -0.819. The van der Waals surface area contributed by atoms with E-state index in [1.165, 1.54) is 0 Å². The Bertz CT molecular complexity index is 249. The van der Waals surface area contributed by atoms with E-state index in [2.05, 4.69) is 0 Å². The monoisotopic (exact) mass is 258 g/mol. The molecule has 0 radical (unpaired) electrons. The summed E-state index contributed by atoms with van der Waals surface area (Å²) >= 11 is 0. The molecule has 0 N–H and O–H groups in total. The van der Waals surface area contributed by atoms with Crippen molar-refractivity contribution in [3.8, 4) is 0 Å². The number of hydrogen-bond acceptors (Lipinski definition) is 3. The molecule has 0 aromatic carbocycles. The molecule has 0 fully saturated rings. The van der Waals surface area contributed by atoms with Crippen molar-refractivity contribution in [2.75, 3.05) is 6.61 Å². The molecule has 18 heavy (non-hydrogen) atoms. The standard InChI is InChI=1S/C15H30O3/c1-12(2)17-11-9-8-10-15(6,7)18-13(16)14(3,4)5/h12H,8-11H2,1-7H3. The number of carbonyl (C=O) groups is 1. The number of hydrogen-bond donors (Lipinski definition) is 0. The molecule has 0 saturated heterocycles. The Morgan fingerprint density at radius 3 is 2.06 bits per heavy atom. The number of esters is 1. The maximum atomic E-state index is 11.8. The Labute approximate surface area is 112 Å². The summed E-state index contributed by atoms with van der Waals surface area (Å²) in [7, 11) is 0. The third-order valence-corrected chi connectivity index (χ3v) is 2.61. The lowest BCUT2D eigenvalue weighted by Gasteiger charge is -2.29. The van der Waals surface area contributed by atoms with Gasteiger partial charge in [-0.2, -0.15) is 0 Å². The van der Waals surface area contributed by atoms with Crippen LogP contribution < -0.4 is 0 Å². The number of ether oxygens (including phenoxy) is 2. The van der Waals surface area contributed by atoms with Crippen LogP contribution in [0.15, 0.2) is 0 Å². The molecule has 3 heteroatoms. The topological polar surface area (TPSA) is 35.5 Å². The minimum atomic E-state index is -0.433. The van der Waals surface area contributed by atoms with Crippen molar-refractivity contribution >= 4 is 5.97 Å². The molecule has 0 aliphatic carbocycles. The van der Waals surface area contributed by atoms with Gasteiger partial charge in [0.15, 0.2) is 0 Å². The molecule has 0 aliphatic heterocycles. The molecule has 0 unspecified atom stereocenters. The van der Waals surface area contributed by atoms with Crippen LogP contribution in [0.3, 0.4) is 0 Å². The van der Waals surface area contributed by atoms with E-state index in [4.69, 9.17) is 9.47 Å². The highest BCUT2D eigenvalue weighted by Crippen LogP contribution is 2.24. The van der Waals surface area contributed by atoms with Crippen LogP contribution in [-0.2, 0) is 14.3 Å². The van der Waals surface area contributed by atoms with Crippen LogP contribution in [0.1, 0.15) is 67.7 Å². The van der Waals surface area contributed by atoms with Gasteiger partial charge in [-0.25, -0.2) is 0 Å². The van der Waals surface area contributed by atoms with Crippen LogP contribution in [-0.4, -0.2) is 24.3 Å². The van der Waals surface area contributed by atoms with Gasteiger partial charge < -0.3 is 9.47 Å². The second kappa shape index (κ2) is 7.13. The van der Waals surface area contributed by atoms with Crippen molar-refractivity contribution in [1.82, 2.24) is 0 Å². The summed E-state index contributed by atoms with van der Waals surface area (Å²) < 4.78 is 11.0. The molecule has 0 saturated carbocycles. The molecule has 0 aliphatic rings. The second-order valence-electron chi connectivity index (χ2n) is 6.78. The van der Waals surface area contributed by atoms with Crippen molar-refractivity contribution in [1.29, 1.82) is 0 Å². The number of unbranched alkanes of at least 4 members (excludes halogenated alkanes) is 1. The highest BCUT2D eigenvalue weighted by atomic mass is 16.6. The van der Waals surface area contributed by atoms with Crippen LogP contribution in [0.4, 0.5) is 0 Å². The van der Waals surface area contributed by atoms with Gasteiger partial charge in [0.25, 0.3) is 0 Å². The van der Waals surface area contributed by atoms with Crippen LogP contribution in [0, 0.1) is 5.41 Å². The van der Waals surface area contributed by atoms with Gasteiger partial charge in [0.1, 0.15) is 5.60 Å². The average molecular weight is 258 g/mol. The molecule has 0 atom stereocenters. The summed E-state index contributed by atoms with van der Waals surface area (Å²) in [6.07, 6.45) is 3.18. The van der Waals surface area contributed by atoms with Gasteiger partial charge in [0, 0.05) is 6.61 Å². The molecular formula is C15H30O3. The smallest absolute Gasteiger partial charge is 0.311 e. The van der Waals surface area contributed by atoms with Crippen LogP contribution in [0.2, 0.25) is 0 Å². The minimum absolute atomic E-state index is 0.133. The zero-order valence-electron chi connectivity index (χ0n) is 13.1. The molecule has 0 heterocycles. The second-order valence-corrected chi connectivity index (χ2v) is 6.78. The summed E-state index contributed by atoms with van der Waals surface area (Å²) in [6.45, 7) is 14.4. The van der Waals surface area contributed by atoms with Gasteiger partial charge in [-0.1, -0.05) is 0 Å². The highest BCUT2D eigenvalue weighted by Gasteiger charge is 2.29. The predicted octanol–water partition coefficient (Wildman–Crippen LogP) is 3.95. The first kappa shape index (κ1) is 17.4. The van der Waals surface area contributed by atoms with E-state index in [0.717, 1.165) is 25.9 Å². The largest absolute Gasteiger partial charge is 0.459 e. The van der Waals surface area contributed by atoms with Gasteiger partial charge in [-0.05, 0) is 67.7 Å². The first-order valence-electron chi connectivity index (χ1n) is 6.90. The van der Waals surface area contributed by atoms with Gasteiger partial charge in [0.2, 0.25) is 0 Å². The van der Waals surface area contributed by atoms with E-state index in [1.807, 2.05) is 48.5 Å². The Morgan fingerprint density at radius 2 is 1.61 bits per heavy atom. The SMILES string of the molecule is CC(C)OCCCCC(C)(C)OC(=O)C(C)(C)C. The normalized spacial score (nSPS) is 12.9. The fraction of sp³-hybridized carbons (Fsp3) is 0.933. The Morgan fingerprint density at radius 1 is 1.06 bits per heavy atom. The van der Waals surface area contributed by atoms with Gasteiger partial charge >= 0.3 is 5.97 Å². The molecular weight excluding hydrogens is 228 g/mol. The first-order chi connectivity index (χ1) is 8.04. The first-order valence-corrected chi connectivity index (χ1v) is 6.90. The van der Waals surface area contributed by atoms with Crippen LogP contribution >= 0.6 is 0 Å². The number of rotatable bonds is 7. The van der Waals surface area contributed by atoms with Crippen LogP contribution in [0.5, 0.6) is 0 Å². The van der Waals surface area contributed by atoms with Crippen molar-refractivity contribution < 1.29 is 14.3 Å². The van der Waals surface area contributed by atoms with Gasteiger partial charge in [-0.3, -0.25) is 4.79 Å². The molecule has 0 rings (SSSR count). The third kappa shape index (κ3) is 8.51. The average Bonchev–Trinajstić information content (AvgIpc) is 2.14. The fourth-order valence-corrected chi connectivity index (χ4v) is 1.43. The van der Waals surface area contributed by atoms with Gasteiger partial charge in [-0.15, -0.1) is 0 Å². The number of carbonyl (C=O) groups excluding carboxylic acids is 1. The Kier molecular flexibility index (Phi) is 6.90. The van der Waals surface area contributed by atoms with Crippen molar-refractivity contribution in [3.05, 3.63) is 0 Å². The third-order valence-electron chi connectivity index (χ3n) is 2.61. The summed E-state index contributed by atoms with van der Waals surface area (Å²) in [5.74, 6) is -0.133. The van der Waals surface area contributed by atoms with E-state index < -0.39 is 5.41 Å². The molecule has 108 valence electrons. The quantitative estimate of drug-likeness (QED) is 0.512. The maximum Gasteiger partial charge on any atom is 0.311 e. The molecule has 0 aromatic rings. The minimum Gasteiger partial charge on any atom is -0.459 e. The highest BCUT2D eigenvalue weighted by molar-refractivity contribution is 5.75. The van der Waals surface area contributed by atoms with E-state index in [9.17, 15) is 4.79 Å². The molecule has 0 aromatic heterocycles. The summed E-state index contributed by atoms with van der Waals surface area (Å²) in [4.78, 5) is 11.8. The zero-order chi connectivity index (χ0) is 14.4. The zero-order valence-corrected chi connectivity index (χ0v) is 13.1. The van der Waals surface area contributed by atoms with Crippen molar-refractivity contribution in [2.45, 2.75) is 79.4 Å². The van der Waals surface area contributed by atoms with Crippen LogP contribution in [0.25, 0.3) is 0 Å². The molecule has 0 amide bonds. The Balaban J connectivity index is 3.91. The molecule has 0 bridgehead atoms. The van der Waals surface area contributed by atoms with E-state index in [1.54, 1.807) is 0 Å². The maximum absolute atomic E-state index is 11.8. The summed E-state index contributed by atoms with van der Waals surface area (Å²) in [5, 5.41) is 0. The van der Waals surface area contributed by atoms with E-state index in [0.29, 0.717) is 0 Å². The van der Waals surface area contributed by atoms with E-state index in [-0.39, 0.29) is 17.7 Å². The molecule has 3 nitrogen and oxygen atoms in total. The molecule has 0 spiro atoms. The van der Waals surface area contributed by atoms with E-state index >= 15 is 0 Å². The lowest BCUT2D eigenvalue weighted by atomic mass is 9.95. The summed E-state index contributed by atoms with van der Waals surface area (Å²) in [6, 6.07) is 0. The lowest BCUT2D eigenvalue weighted by molar-refractivity contribution is -0.166. The van der Waals surface area contributed by atoms with Crippen molar-refractivity contribution in [3.63, 3.8) is 0 Å². The lowest BCUT2D eigenvalue weighted by Crippen LogP contribution is -2.34. The predicted molar refractivity (Wildman–Crippen MR) is 74.6 cm³/mol. The van der Waals surface area contributed by atoms with Gasteiger partial charge in [0.05, 0.1) is 11.5 Å². The Hall–Kier alpha value is -0.570. The fourth-order valence-electron chi connectivity index (χ4n) is 1.43. The van der Waals surface area contributed by atoms with Crippen molar-refractivity contribution in [2.24, 2.45) is 5.41 Å².